The third-order valence-corrected chi connectivity index (χ3v) is 4.87. The summed E-state index contributed by atoms with van der Waals surface area (Å²) in [5, 5.41) is 11.0. The molecule has 7 heteroatoms. The molecule has 0 aromatic heterocycles. The maximum atomic E-state index is 11.7. The highest BCUT2D eigenvalue weighted by Gasteiger charge is 2.37. The van der Waals surface area contributed by atoms with Gasteiger partial charge in [0.15, 0.2) is 9.84 Å². The molecule has 0 unspecified atom stereocenters. The van der Waals surface area contributed by atoms with Crippen LogP contribution in [-0.4, -0.2) is 42.9 Å². The van der Waals surface area contributed by atoms with Gasteiger partial charge in [0, 0.05) is 19.2 Å². The smallest absolute Gasteiger partial charge is 0.303 e. The number of rotatable bonds is 8. The minimum atomic E-state index is -3.45. The third-order valence-electron chi connectivity index (χ3n) is 2.83. The number of unbranched alkanes of at least 4 members (excludes halogenated alkanes) is 2. The Hall–Kier alpha value is -1.11. The highest BCUT2D eigenvalue weighted by molar-refractivity contribution is 7.92. The molecule has 2 N–H and O–H groups in total. The number of carboxylic acids is 1. The summed E-state index contributed by atoms with van der Waals surface area (Å²) in [6.45, 7) is 3.08. The van der Waals surface area contributed by atoms with Crippen molar-refractivity contribution < 1.29 is 23.1 Å². The lowest BCUT2D eigenvalue weighted by Crippen LogP contribution is -2.47. The Balaban J connectivity index is 3.95. The number of amides is 1. The summed E-state index contributed by atoms with van der Waals surface area (Å²) in [7, 11) is -3.45. The van der Waals surface area contributed by atoms with Crippen LogP contribution in [0.5, 0.6) is 0 Å². The van der Waals surface area contributed by atoms with Gasteiger partial charge in [-0.1, -0.05) is 6.42 Å². The number of carboxylic acid groups (broad SMARTS) is 1. The van der Waals surface area contributed by atoms with Crippen molar-refractivity contribution in [3.63, 3.8) is 0 Å². The van der Waals surface area contributed by atoms with E-state index in [1.165, 1.54) is 13.8 Å². The van der Waals surface area contributed by atoms with Crippen LogP contribution >= 0.6 is 0 Å². The normalized spacial score (nSPS) is 12.2. The lowest BCUT2D eigenvalue weighted by Gasteiger charge is -2.21. The number of sulfone groups is 1. The van der Waals surface area contributed by atoms with Gasteiger partial charge in [0.25, 0.3) is 0 Å². The Bertz CT molecular complexity index is 400. The molecular formula is C11H21NO5S. The first kappa shape index (κ1) is 16.9. The van der Waals surface area contributed by atoms with Gasteiger partial charge in [-0.25, -0.2) is 8.42 Å². The maximum absolute atomic E-state index is 11.7. The largest absolute Gasteiger partial charge is 0.481 e. The fourth-order valence-corrected chi connectivity index (χ4v) is 1.57. The molecule has 0 spiro atoms. The molecule has 0 aliphatic heterocycles. The molecule has 0 aromatic rings. The molecule has 0 radical (unpaired) electrons. The third kappa shape index (κ3) is 5.48. The first-order valence-corrected chi connectivity index (χ1v) is 7.68. The molecule has 0 fully saturated rings. The van der Waals surface area contributed by atoms with Crippen molar-refractivity contribution >= 4 is 21.7 Å². The molecule has 0 aliphatic rings. The van der Waals surface area contributed by atoms with Crippen LogP contribution in [-0.2, 0) is 19.4 Å². The Labute approximate surface area is 108 Å². The summed E-state index contributed by atoms with van der Waals surface area (Å²) in [4.78, 5) is 21.9. The molecule has 0 rings (SSSR count). The molecular weight excluding hydrogens is 258 g/mol. The highest BCUT2D eigenvalue weighted by atomic mass is 32.2. The maximum Gasteiger partial charge on any atom is 0.303 e. The predicted octanol–water partition coefficient (Wildman–Crippen LogP) is 0.571. The fourth-order valence-electron chi connectivity index (χ4n) is 1.16. The van der Waals surface area contributed by atoms with Gasteiger partial charge < -0.3 is 10.4 Å². The Morgan fingerprint density at radius 1 is 1.17 bits per heavy atom. The van der Waals surface area contributed by atoms with Crippen molar-refractivity contribution in [1.29, 1.82) is 0 Å². The molecule has 0 aliphatic carbocycles. The topological polar surface area (TPSA) is 101 Å². The van der Waals surface area contributed by atoms with Gasteiger partial charge in [0.2, 0.25) is 5.91 Å². The Morgan fingerprint density at radius 2 is 1.72 bits per heavy atom. The first-order valence-electron chi connectivity index (χ1n) is 5.78. The van der Waals surface area contributed by atoms with E-state index in [1.807, 2.05) is 0 Å². The Kier molecular flexibility index (Phi) is 6.31. The van der Waals surface area contributed by atoms with E-state index in [4.69, 9.17) is 5.11 Å². The van der Waals surface area contributed by atoms with Crippen LogP contribution in [0.1, 0.15) is 39.5 Å². The molecule has 1 amide bonds. The lowest BCUT2D eigenvalue weighted by atomic mass is 10.1. The number of hydrogen-bond donors (Lipinski definition) is 2. The van der Waals surface area contributed by atoms with Gasteiger partial charge in [0.1, 0.15) is 4.75 Å². The van der Waals surface area contributed by atoms with Crippen LogP contribution in [0.25, 0.3) is 0 Å². The summed E-state index contributed by atoms with van der Waals surface area (Å²) in [6, 6.07) is 0. The lowest BCUT2D eigenvalue weighted by molar-refractivity contribution is -0.137. The first-order chi connectivity index (χ1) is 8.09. The number of nitrogens with one attached hydrogen (secondary N) is 1. The summed E-state index contributed by atoms with van der Waals surface area (Å²) in [6.07, 6.45) is 3.02. The molecule has 6 nitrogen and oxygen atoms in total. The van der Waals surface area contributed by atoms with Crippen molar-refractivity contribution in [1.82, 2.24) is 5.32 Å². The second-order valence-corrected chi connectivity index (χ2v) is 7.31. The average molecular weight is 279 g/mol. The van der Waals surface area contributed by atoms with Crippen molar-refractivity contribution in [3.05, 3.63) is 0 Å². The molecule has 0 saturated carbocycles. The zero-order valence-corrected chi connectivity index (χ0v) is 11.8. The van der Waals surface area contributed by atoms with Gasteiger partial charge in [-0.15, -0.1) is 0 Å². The van der Waals surface area contributed by atoms with Gasteiger partial charge in [0.05, 0.1) is 0 Å². The summed E-state index contributed by atoms with van der Waals surface area (Å²) in [5.74, 6) is -1.36. The van der Waals surface area contributed by atoms with E-state index < -0.39 is 26.5 Å². The molecule has 0 saturated heterocycles. The number of hydrogen-bond acceptors (Lipinski definition) is 4. The molecule has 0 aromatic carbocycles. The van der Waals surface area contributed by atoms with Crippen LogP contribution < -0.4 is 5.32 Å². The second kappa shape index (κ2) is 6.72. The Morgan fingerprint density at radius 3 is 2.17 bits per heavy atom. The van der Waals surface area contributed by atoms with Crippen LogP contribution in [0.3, 0.4) is 0 Å². The van der Waals surface area contributed by atoms with Gasteiger partial charge in [-0.3, -0.25) is 9.59 Å². The van der Waals surface area contributed by atoms with Gasteiger partial charge in [-0.05, 0) is 26.7 Å². The van der Waals surface area contributed by atoms with Crippen molar-refractivity contribution in [2.45, 2.75) is 44.3 Å². The van der Waals surface area contributed by atoms with E-state index in [1.54, 1.807) is 0 Å². The standard InChI is InChI=1S/C11H21NO5S/c1-11(2,18(3,16)17)10(15)12-8-6-4-5-7-9(13)14/h4-8H2,1-3H3,(H,12,15)(H,13,14). The van der Waals surface area contributed by atoms with Crippen molar-refractivity contribution in [2.75, 3.05) is 12.8 Å². The molecule has 0 bridgehead atoms. The van der Waals surface area contributed by atoms with Crippen molar-refractivity contribution in [2.24, 2.45) is 0 Å². The summed E-state index contributed by atoms with van der Waals surface area (Å²) in [5.41, 5.74) is 0. The number of carbonyl (C=O) groups is 2. The average Bonchev–Trinajstić information content (AvgIpc) is 2.20. The molecule has 18 heavy (non-hydrogen) atoms. The van der Waals surface area contributed by atoms with E-state index in [0.717, 1.165) is 6.26 Å². The number of carbonyl (C=O) groups excluding carboxylic acids is 1. The fraction of sp³-hybridized carbons (Fsp3) is 0.818. The minimum Gasteiger partial charge on any atom is -0.481 e. The zero-order chi connectivity index (χ0) is 14.4. The zero-order valence-electron chi connectivity index (χ0n) is 11.0. The monoisotopic (exact) mass is 279 g/mol. The summed E-state index contributed by atoms with van der Waals surface area (Å²) >= 11 is 0. The van der Waals surface area contributed by atoms with Gasteiger partial charge >= 0.3 is 5.97 Å². The van der Waals surface area contributed by atoms with E-state index in [2.05, 4.69) is 5.32 Å². The van der Waals surface area contributed by atoms with Crippen LogP contribution in [0.4, 0.5) is 0 Å². The predicted molar refractivity (Wildman–Crippen MR) is 68.0 cm³/mol. The summed E-state index contributed by atoms with van der Waals surface area (Å²) < 4.78 is 21.3. The van der Waals surface area contributed by atoms with E-state index in [-0.39, 0.29) is 6.42 Å². The van der Waals surface area contributed by atoms with E-state index in [9.17, 15) is 18.0 Å². The SMILES string of the molecule is CC(C)(C(=O)NCCCCCC(=O)O)S(C)(=O)=O. The van der Waals surface area contributed by atoms with Crippen LogP contribution in [0.2, 0.25) is 0 Å². The number of aliphatic carboxylic acids is 1. The quantitative estimate of drug-likeness (QED) is 0.633. The van der Waals surface area contributed by atoms with Crippen LogP contribution in [0.15, 0.2) is 0 Å². The highest BCUT2D eigenvalue weighted by Crippen LogP contribution is 2.14. The van der Waals surface area contributed by atoms with Crippen molar-refractivity contribution in [3.8, 4) is 0 Å². The second-order valence-electron chi connectivity index (χ2n) is 4.74. The minimum absolute atomic E-state index is 0.114. The van der Waals surface area contributed by atoms with E-state index in [0.29, 0.717) is 25.8 Å². The molecule has 0 heterocycles. The van der Waals surface area contributed by atoms with E-state index >= 15 is 0 Å². The van der Waals surface area contributed by atoms with Crippen LogP contribution in [0, 0.1) is 0 Å². The molecule has 106 valence electrons. The van der Waals surface area contributed by atoms with Gasteiger partial charge in [-0.2, -0.15) is 0 Å². The molecule has 0 atom stereocenters.